The Labute approximate surface area is 186 Å². The van der Waals surface area contributed by atoms with Crippen LogP contribution in [0.25, 0.3) is 0 Å². The van der Waals surface area contributed by atoms with Gasteiger partial charge in [-0.05, 0) is 42.5 Å². The van der Waals surface area contributed by atoms with Crippen LogP contribution in [0.1, 0.15) is 36.6 Å². The minimum Gasteiger partial charge on any atom is -0.454 e. The Balaban J connectivity index is 1.81. The van der Waals surface area contributed by atoms with Crippen molar-refractivity contribution >= 4 is 46.4 Å². The van der Waals surface area contributed by atoms with Crippen molar-refractivity contribution in [2.75, 3.05) is 6.61 Å². The SMILES string of the molecule is O=C(COC(=O)c1ccccc1C(=O)c1ccc(Cl)c([N+](=O)[O-])c1)c1ccc(Cl)cc1. The number of ether oxygens (including phenoxy) is 1. The number of Topliss-reactive ketones (excluding diaryl/α,β-unsaturated/α-hetero) is 1. The normalized spacial score (nSPS) is 10.4. The van der Waals surface area contributed by atoms with Crippen LogP contribution in [0.2, 0.25) is 10.0 Å². The van der Waals surface area contributed by atoms with E-state index in [1.807, 2.05) is 0 Å². The molecule has 3 rings (SSSR count). The molecule has 0 aliphatic carbocycles. The molecule has 9 heteroatoms. The molecule has 0 aliphatic heterocycles. The van der Waals surface area contributed by atoms with Gasteiger partial charge in [0.05, 0.1) is 10.5 Å². The standard InChI is InChI=1S/C22H13Cl2NO6/c23-15-8-5-13(6-9-15)20(26)12-31-22(28)17-4-2-1-3-16(17)21(27)14-7-10-18(24)19(11-14)25(29)30/h1-11H,12H2. The molecule has 0 atom stereocenters. The Morgan fingerprint density at radius 1 is 0.871 bits per heavy atom. The van der Waals surface area contributed by atoms with Crippen LogP contribution in [0.3, 0.4) is 0 Å². The van der Waals surface area contributed by atoms with E-state index < -0.39 is 34.8 Å². The molecular weight excluding hydrogens is 445 g/mol. The molecule has 0 bridgehead atoms. The number of carbonyl (C=O) groups excluding carboxylic acids is 3. The lowest BCUT2D eigenvalue weighted by atomic mass is 9.98. The molecule has 0 aromatic heterocycles. The Bertz CT molecular complexity index is 1190. The average molecular weight is 458 g/mol. The van der Waals surface area contributed by atoms with Crippen molar-refractivity contribution in [3.05, 3.63) is 109 Å². The molecule has 0 N–H and O–H groups in total. The summed E-state index contributed by atoms with van der Waals surface area (Å²) >= 11 is 11.6. The third kappa shape index (κ3) is 5.14. The number of esters is 1. The van der Waals surface area contributed by atoms with Crippen molar-refractivity contribution in [3.63, 3.8) is 0 Å². The summed E-state index contributed by atoms with van der Waals surface area (Å²) in [7, 11) is 0. The van der Waals surface area contributed by atoms with E-state index in [1.54, 1.807) is 0 Å². The molecule has 0 saturated heterocycles. The summed E-state index contributed by atoms with van der Waals surface area (Å²) in [6, 6.07) is 15.5. The highest BCUT2D eigenvalue weighted by atomic mass is 35.5. The van der Waals surface area contributed by atoms with Gasteiger partial charge in [-0.25, -0.2) is 4.79 Å². The number of ketones is 2. The minimum atomic E-state index is -0.880. The largest absolute Gasteiger partial charge is 0.454 e. The molecule has 3 aromatic carbocycles. The second kappa shape index (κ2) is 9.51. The van der Waals surface area contributed by atoms with Gasteiger partial charge in [0.15, 0.2) is 18.2 Å². The van der Waals surface area contributed by atoms with Crippen molar-refractivity contribution in [1.82, 2.24) is 0 Å². The molecule has 7 nitrogen and oxygen atoms in total. The molecule has 0 heterocycles. The van der Waals surface area contributed by atoms with Crippen molar-refractivity contribution in [2.45, 2.75) is 0 Å². The van der Waals surface area contributed by atoms with Gasteiger partial charge in [0.1, 0.15) is 5.02 Å². The number of halogens is 2. The fourth-order valence-electron chi connectivity index (χ4n) is 2.74. The highest BCUT2D eigenvalue weighted by Gasteiger charge is 2.22. The number of hydrogen-bond acceptors (Lipinski definition) is 6. The van der Waals surface area contributed by atoms with E-state index in [-0.39, 0.29) is 21.7 Å². The van der Waals surface area contributed by atoms with Crippen LogP contribution in [0, 0.1) is 10.1 Å². The number of carbonyl (C=O) groups is 3. The first-order valence-corrected chi connectivity index (χ1v) is 9.57. The number of nitro groups is 1. The quantitative estimate of drug-likeness (QED) is 0.209. The van der Waals surface area contributed by atoms with E-state index in [4.69, 9.17) is 27.9 Å². The summed E-state index contributed by atoms with van der Waals surface area (Å²) in [4.78, 5) is 48.0. The van der Waals surface area contributed by atoms with Crippen LogP contribution in [-0.4, -0.2) is 29.1 Å². The summed E-state index contributed by atoms with van der Waals surface area (Å²) in [5.41, 5.74) is -0.234. The summed E-state index contributed by atoms with van der Waals surface area (Å²) in [5, 5.41) is 11.4. The van der Waals surface area contributed by atoms with Gasteiger partial charge in [-0.1, -0.05) is 41.4 Å². The lowest BCUT2D eigenvalue weighted by Gasteiger charge is -2.09. The molecule has 0 spiro atoms. The average Bonchev–Trinajstić information content (AvgIpc) is 2.77. The molecule has 3 aromatic rings. The topological polar surface area (TPSA) is 104 Å². The summed E-state index contributed by atoms with van der Waals surface area (Å²) < 4.78 is 5.08. The molecular formula is C22H13Cl2NO6. The van der Waals surface area contributed by atoms with E-state index in [0.29, 0.717) is 10.6 Å². The lowest BCUT2D eigenvalue weighted by molar-refractivity contribution is -0.384. The van der Waals surface area contributed by atoms with Gasteiger partial charge in [-0.15, -0.1) is 0 Å². The zero-order chi connectivity index (χ0) is 22.5. The fraction of sp³-hybridized carbons (Fsp3) is 0.0455. The zero-order valence-electron chi connectivity index (χ0n) is 15.7. The number of benzene rings is 3. The maximum atomic E-state index is 12.9. The second-order valence-electron chi connectivity index (χ2n) is 6.30. The van der Waals surface area contributed by atoms with Crippen LogP contribution in [0.15, 0.2) is 66.7 Å². The van der Waals surface area contributed by atoms with E-state index in [0.717, 1.165) is 6.07 Å². The smallest absolute Gasteiger partial charge is 0.339 e. The molecule has 0 unspecified atom stereocenters. The Morgan fingerprint density at radius 3 is 2.13 bits per heavy atom. The van der Waals surface area contributed by atoms with E-state index >= 15 is 0 Å². The maximum Gasteiger partial charge on any atom is 0.339 e. The summed E-state index contributed by atoms with van der Waals surface area (Å²) in [6.45, 7) is -0.532. The van der Waals surface area contributed by atoms with E-state index in [1.165, 1.54) is 60.7 Å². The van der Waals surface area contributed by atoms with Crippen LogP contribution in [0.4, 0.5) is 5.69 Å². The van der Waals surface area contributed by atoms with Gasteiger partial charge < -0.3 is 4.74 Å². The zero-order valence-corrected chi connectivity index (χ0v) is 17.2. The second-order valence-corrected chi connectivity index (χ2v) is 7.15. The monoisotopic (exact) mass is 457 g/mol. The molecule has 31 heavy (non-hydrogen) atoms. The van der Waals surface area contributed by atoms with Crippen LogP contribution in [-0.2, 0) is 4.74 Å². The number of nitro benzene ring substituents is 1. The first kappa shape index (κ1) is 22.1. The van der Waals surface area contributed by atoms with Gasteiger partial charge in [0.25, 0.3) is 5.69 Å². The molecule has 0 aliphatic rings. The van der Waals surface area contributed by atoms with Crippen LogP contribution >= 0.6 is 23.2 Å². The lowest BCUT2D eigenvalue weighted by Crippen LogP contribution is -2.17. The number of hydrogen-bond donors (Lipinski definition) is 0. The first-order chi connectivity index (χ1) is 14.8. The van der Waals surface area contributed by atoms with Gasteiger partial charge in [-0.3, -0.25) is 19.7 Å². The molecule has 156 valence electrons. The minimum absolute atomic E-state index is 0.0198. The number of nitrogens with zero attached hydrogens (tertiary/aromatic N) is 1. The van der Waals surface area contributed by atoms with Gasteiger partial charge in [-0.2, -0.15) is 0 Å². The van der Waals surface area contributed by atoms with Crippen molar-refractivity contribution in [3.8, 4) is 0 Å². The predicted molar refractivity (Wildman–Crippen MR) is 114 cm³/mol. The van der Waals surface area contributed by atoms with Crippen LogP contribution < -0.4 is 0 Å². The highest BCUT2D eigenvalue weighted by Crippen LogP contribution is 2.27. The maximum absolute atomic E-state index is 12.9. The molecule has 0 radical (unpaired) electrons. The fourth-order valence-corrected chi connectivity index (χ4v) is 3.05. The summed E-state index contributed by atoms with van der Waals surface area (Å²) in [5.74, 6) is -1.95. The van der Waals surface area contributed by atoms with E-state index in [2.05, 4.69) is 0 Å². The van der Waals surface area contributed by atoms with Crippen molar-refractivity contribution in [2.24, 2.45) is 0 Å². The highest BCUT2D eigenvalue weighted by molar-refractivity contribution is 6.33. The third-order valence-electron chi connectivity index (χ3n) is 4.30. The van der Waals surface area contributed by atoms with Crippen molar-refractivity contribution < 1.29 is 24.0 Å². The predicted octanol–water partition coefficient (Wildman–Crippen LogP) is 5.17. The Hall–Kier alpha value is -3.55. The van der Waals surface area contributed by atoms with Gasteiger partial charge >= 0.3 is 5.97 Å². The van der Waals surface area contributed by atoms with E-state index in [9.17, 15) is 24.5 Å². The Morgan fingerprint density at radius 2 is 1.48 bits per heavy atom. The Kier molecular flexibility index (Phi) is 6.79. The molecule has 0 fully saturated rings. The number of rotatable bonds is 7. The first-order valence-electron chi connectivity index (χ1n) is 8.81. The van der Waals surface area contributed by atoms with Crippen LogP contribution in [0.5, 0.6) is 0 Å². The summed E-state index contributed by atoms with van der Waals surface area (Å²) in [6.07, 6.45) is 0. The third-order valence-corrected chi connectivity index (χ3v) is 4.87. The van der Waals surface area contributed by atoms with Crippen molar-refractivity contribution in [1.29, 1.82) is 0 Å². The molecule has 0 amide bonds. The van der Waals surface area contributed by atoms with Gasteiger partial charge in [0, 0.05) is 27.8 Å². The van der Waals surface area contributed by atoms with Gasteiger partial charge in [0.2, 0.25) is 0 Å². The molecule has 0 saturated carbocycles.